The molecule has 2 nitrogen and oxygen atoms in total. The van der Waals surface area contributed by atoms with Crippen molar-refractivity contribution in [2.24, 2.45) is 0 Å². The first kappa shape index (κ1) is 15.9. The van der Waals surface area contributed by atoms with E-state index in [1.54, 1.807) is 36.2 Å². The molecular weight excluding hydrogens is 290 g/mol. The molecular formula is C16H18F2N2S. The van der Waals surface area contributed by atoms with E-state index in [2.05, 4.69) is 17.2 Å². The van der Waals surface area contributed by atoms with Gasteiger partial charge in [-0.05, 0) is 43.3 Å². The molecule has 0 amide bonds. The van der Waals surface area contributed by atoms with E-state index in [1.165, 1.54) is 18.3 Å². The molecule has 1 atom stereocenters. The first-order valence-corrected chi connectivity index (χ1v) is 7.90. The van der Waals surface area contributed by atoms with Gasteiger partial charge in [0.2, 0.25) is 0 Å². The number of pyridine rings is 1. The zero-order valence-electron chi connectivity index (χ0n) is 11.9. The summed E-state index contributed by atoms with van der Waals surface area (Å²) in [5, 5.41) is 3.35. The van der Waals surface area contributed by atoms with E-state index in [0.717, 1.165) is 17.9 Å². The predicted molar refractivity (Wildman–Crippen MR) is 82.4 cm³/mol. The highest BCUT2D eigenvalue weighted by Crippen LogP contribution is 2.26. The van der Waals surface area contributed by atoms with Crippen LogP contribution in [0.1, 0.15) is 24.9 Å². The summed E-state index contributed by atoms with van der Waals surface area (Å²) in [6, 6.07) is 7.95. The molecule has 0 radical (unpaired) electrons. The number of rotatable bonds is 7. The Labute approximate surface area is 128 Å². The lowest BCUT2D eigenvalue weighted by molar-refractivity contribution is 0.529. The molecule has 21 heavy (non-hydrogen) atoms. The summed E-state index contributed by atoms with van der Waals surface area (Å²) >= 11 is 1.57. The SMILES string of the molecule is CCCNC(CSc1ccc(F)cc1)c1ccncc1F. The molecule has 0 aliphatic rings. The van der Waals surface area contributed by atoms with Crippen molar-refractivity contribution in [2.75, 3.05) is 12.3 Å². The molecule has 0 aliphatic carbocycles. The molecule has 0 fully saturated rings. The lowest BCUT2D eigenvalue weighted by Crippen LogP contribution is -2.25. The molecule has 0 saturated heterocycles. The van der Waals surface area contributed by atoms with Crippen LogP contribution in [0.15, 0.2) is 47.6 Å². The highest BCUT2D eigenvalue weighted by molar-refractivity contribution is 7.99. The quantitative estimate of drug-likeness (QED) is 0.776. The molecule has 1 unspecified atom stereocenters. The average molecular weight is 308 g/mol. The Kier molecular flexibility index (Phi) is 6.14. The molecule has 5 heteroatoms. The van der Waals surface area contributed by atoms with Crippen LogP contribution in [0.25, 0.3) is 0 Å². The molecule has 1 N–H and O–H groups in total. The van der Waals surface area contributed by atoms with Gasteiger partial charge in [0.25, 0.3) is 0 Å². The van der Waals surface area contributed by atoms with Crippen molar-refractivity contribution < 1.29 is 8.78 Å². The second kappa shape index (κ2) is 8.10. The summed E-state index contributed by atoms with van der Waals surface area (Å²) in [5.74, 6) is 0.123. The number of benzene rings is 1. The maximum atomic E-state index is 13.9. The second-order valence-corrected chi connectivity index (χ2v) is 5.76. The summed E-state index contributed by atoms with van der Waals surface area (Å²) in [4.78, 5) is 4.75. The van der Waals surface area contributed by atoms with Crippen LogP contribution in [-0.4, -0.2) is 17.3 Å². The van der Waals surface area contributed by atoms with Gasteiger partial charge in [0.15, 0.2) is 0 Å². The number of aromatic nitrogens is 1. The Morgan fingerprint density at radius 2 is 1.95 bits per heavy atom. The monoisotopic (exact) mass is 308 g/mol. The van der Waals surface area contributed by atoms with Gasteiger partial charge in [-0.1, -0.05) is 6.92 Å². The molecule has 0 aliphatic heterocycles. The van der Waals surface area contributed by atoms with E-state index >= 15 is 0 Å². The molecule has 2 aromatic rings. The number of halogens is 2. The van der Waals surface area contributed by atoms with Crippen LogP contribution < -0.4 is 5.32 Å². The Hall–Kier alpha value is -1.46. The van der Waals surface area contributed by atoms with Gasteiger partial charge in [-0.15, -0.1) is 11.8 Å². The van der Waals surface area contributed by atoms with Gasteiger partial charge in [-0.25, -0.2) is 8.78 Å². The summed E-state index contributed by atoms with van der Waals surface area (Å²) in [5.41, 5.74) is 0.619. The molecule has 0 saturated carbocycles. The van der Waals surface area contributed by atoms with Gasteiger partial charge in [-0.2, -0.15) is 0 Å². The summed E-state index contributed by atoms with van der Waals surface area (Å²) in [6.45, 7) is 2.89. The summed E-state index contributed by atoms with van der Waals surface area (Å²) < 4.78 is 26.8. The summed E-state index contributed by atoms with van der Waals surface area (Å²) in [6.07, 6.45) is 3.81. The number of hydrogen-bond acceptors (Lipinski definition) is 3. The van der Waals surface area contributed by atoms with E-state index in [-0.39, 0.29) is 17.7 Å². The van der Waals surface area contributed by atoms with Gasteiger partial charge in [-0.3, -0.25) is 4.98 Å². The largest absolute Gasteiger partial charge is 0.309 e. The minimum absolute atomic E-state index is 0.0944. The smallest absolute Gasteiger partial charge is 0.146 e. The van der Waals surface area contributed by atoms with Crippen molar-refractivity contribution in [3.8, 4) is 0 Å². The van der Waals surface area contributed by atoms with Crippen molar-refractivity contribution in [1.29, 1.82) is 0 Å². The highest BCUT2D eigenvalue weighted by atomic mass is 32.2. The average Bonchev–Trinajstić information content (AvgIpc) is 2.50. The number of hydrogen-bond donors (Lipinski definition) is 1. The van der Waals surface area contributed by atoms with E-state index < -0.39 is 0 Å². The second-order valence-electron chi connectivity index (χ2n) is 4.67. The van der Waals surface area contributed by atoms with Gasteiger partial charge in [0, 0.05) is 28.5 Å². The third-order valence-corrected chi connectivity index (χ3v) is 4.16. The van der Waals surface area contributed by atoms with Crippen molar-refractivity contribution >= 4 is 11.8 Å². The van der Waals surface area contributed by atoms with Gasteiger partial charge >= 0.3 is 0 Å². The van der Waals surface area contributed by atoms with Crippen LogP contribution >= 0.6 is 11.8 Å². The lowest BCUT2D eigenvalue weighted by Gasteiger charge is -2.19. The van der Waals surface area contributed by atoms with Gasteiger partial charge in [0.1, 0.15) is 11.6 Å². The maximum Gasteiger partial charge on any atom is 0.146 e. The molecule has 0 spiro atoms. The highest BCUT2D eigenvalue weighted by Gasteiger charge is 2.15. The third-order valence-electron chi connectivity index (χ3n) is 3.05. The first-order valence-electron chi connectivity index (χ1n) is 6.92. The van der Waals surface area contributed by atoms with Crippen molar-refractivity contribution in [3.63, 3.8) is 0 Å². The van der Waals surface area contributed by atoms with Crippen LogP contribution in [0.3, 0.4) is 0 Å². The van der Waals surface area contributed by atoms with E-state index in [0.29, 0.717) is 11.3 Å². The Morgan fingerprint density at radius 1 is 1.19 bits per heavy atom. The van der Waals surface area contributed by atoms with Crippen LogP contribution in [-0.2, 0) is 0 Å². The fraction of sp³-hybridized carbons (Fsp3) is 0.312. The first-order chi connectivity index (χ1) is 10.2. The maximum absolute atomic E-state index is 13.9. The topological polar surface area (TPSA) is 24.9 Å². The minimum atomic E-state index is -0.300. The zero-order valence-corrected chi connectivity index (χ0v) is 12.7. The summed E-state index contributed by atoms with van der Waals surface area (Å²) in [7, 11) is 0. The fourth-order valence-corrected chi connectivity index (χ4v) is 2.94. The van der Waals surface area contributed by atoms with E-state index in [1.807, 2.05) is 0 Å². The standard InChI is InChI=1S/C16H18F2N2S/c1-2-8-20-16(14-7-9-19-10-15(14)18)11-21-13-5-3-12(17)4-6-13/h3-7,9-10,16,20H,2,8,11H2,1H3. The number of nitrogens with zero attached hydrogens (tertiary/aromatic N) is 1. The number of nitrogens with one attached hydrogen (secondary N) is 1. The van der Waals surface area contributed by atoms with Crippen LogP contribution in [0.5, 0.6) is 0 Å². The third kappa shape index (κ3) is 4.79. The van der Waals surface area contributed by atoms with Crippen LogP contribution in [0.2, 0.25) is 0 Å². The van der Waals surface area contributed by atoms with Crippen LogP contribution in [0.4, 0.5) is 8.78 Å². The minimum Gasteiger partial charge on any atom is -0.309 e. The lowest BCUT2D eigenvalue weighted by atomic mass is 10.1. The van der Waals surface area contributed by atoms with E-state index in [4.69, 9.17) is 0 Å². The van der Waals surface area contributed by atoms with Crippen molar-refractivity contribution in [3.05, 3.63) is 59.9 Å². The normalized spacial score (nSPS) is 12.3. The molecule has 0 bridgehead atoms. The van der Waals surface area contributed by atoms with Crippen LogP contribution in [0, 0.1) is 11.6 Å². The molecule has 2 rings (SSSR count). The molecule has 1 aromatic heterocycles. The Bertz CT molecular complexity index is 560. The molecule has 1 aromatic carbocycles. The molecule has 112 valence electrons. The molecule has 1 heterocycles. The predicted octanol–water partition coefficient (Wildman–Crippen LogP) is 4.19. The van der Waals surface area contributed by atoms with Gasteiger partial charge < -0.3 is 5.32 Å². The van der Waals surface area contributed by atoms with Crippen molar-refractivity contribution in [2.45, 2.75) is 24.3 Å². The zero-order chi connectivity index (χ0) is 15.1. The van der Waals surface area contributed by atoms with E-state index in [9.17, 15) is 8.78 Å². The fourth-order valence-electron chi connectivity index (χ4n) is 1.96. The Morgan fingerprint density at radius 3 is 2.62 bits per heavy atom. The number of thioether (sulfide) groups is 1. The van der Waals surface area contributed by atoms with Gasteiger partial charge in [0.05, 0.1) is 6.20 Å². The Balaban J connectivity index is 2.06. The van der Waals surface area contributed by atoms with Crippen molar-refractivity contribution in [1.82, 2.24) is 10.3 Å².